The van der Waals surface area contributed by atoms with Gasteiger partial charge in [0.15, 0.2) is 0 Å². The Balaban J connectivity index is 0.895. The first-order chi connectivity index (χ1) is 39.8. The lowest BCUT2D eigenvalue weighted by atomic mass is 9.98. The molecular formula is C66H60N6O8S2. The molecule has 0 saturated heterocycles. The van der Waals surface area contributed by atoms with Crippen molar-refractivity contribution in [1.29, 1.82) is 0 Å². The summed E-state index contributed by atoms with van der Waals surface area (Å²) < 4.78 is 4.48. The van der Waals surface area contributed by atoms with E-state index in [4.69, 9.17) is 19.4 Å². The average Bonchev–Trinajstić information content (AvgIpc) is 3.84. The third-order valence-corrected chi connectivity index (χ3v) is 15.8. The highest BCUT2D eigenvalue weighted by molar-refractivity contribution is 7.10. The first-order valence-corrected chi connectivity index (χ1v) is 28.9. The van der Waals surface area contributed by atoms with Gasteiger partial charge in [-0.15, -0.1) is 22.7 Å². The van der Waals surface area contributed by atoms with Gasteiger partial charge in [0.2, 0.25) is 0 Å². The normalized spacial score (nSPS) is 12.4. The molecule has 4 aromatic heterocycles. The van der Waals surface area contributed by atoms with E-state index in [1.165, 1.54) is 48.6 Å². The zero-order valence-corrected chi connectivity index (χ0v) is 48.1. The first kappa shape index (κ1) is 56.2. The standard InChI is InChI=1S/C66H60N6O8S2/c1-41(67-77-43(3)73)49-19-25-53(26-20-49)71-63-29-17-47(35-55-13-11-33-81-55)37-57(63)59-39-51(23-31-65(59)71)61(69-79-45(5)75)15-9-7-8-10-16-62(70-80-46(6)76)52-24-32-66-60(40-52)58-38-48(36-56-14-12-34-82-56)18-30-64(58)72(66)54-27-21-50(22-28-54)42(2)68-78-44(4)74/h11-14,17-34,37-40H,7-10,15-16,35-36H2,1-6H3/b67-41+,68-42?,69-61+,70-62?. The first-order valence-electron chi connectivity index (χ1n) is 27.1. The van der Waals surface area contributed by atoms with Crippen molar-refractivity contribution >= 4 is 113 Å². The predicted octanol–water partition coefficient (Wildman–Crippen LogP) is 15.3. The van der Waals surface area contributed by atoms with Gasteiger partial charge in [-0.25, -0.2) is 19.2 Å². The summed E-state index contributed by atoms with van der Waals surface area (Å²) in [6.07, 6.45) is 5.97. The number of thiophene rings is 2. The quantitative estimate of drug-likeness (QED) is 0.0297. The third-order valence-electron chi connectivity index (χ3n) is 14.1. The number of fused-ring (bicyclic) bond motifs is 6. The van der Waals surface area contributed by atoms with Gasteiger partial charge in [0.25, 0.3) is 0 Å². The van der Waals surface area contributed by atoms with Crippen LogP contribution in [-0.4, -0.2) is 55.9 Å². The Morgan fingerprint density at radius 1 is 0.390 bits per heavy atom. The van der Waals surface area contributed by atoms with Crippen LogP contribution in [0.5, 0.6) is 0 Å². The molecule has 82 heavy (non-hydrogen) atoms. The zero-order valence-electron chi connectivity index (χ0n) is 46.4. The van der Waals surface area contributed by atoms with Crippen LogP contribution in [0.15, 0.2) is 177 Å². The Hall–Kier alpha value is -9.12. The molecule has 0 aliphatic rings. The molecule has 0 aliphatic heterocycles. The van der Waals surface area contributed by atoms with Gasteiger partial charge in [-0.1, -0.05) is 94.1 Å². The van der Waals surface area contributed by atoms with Crippen molar-refractivity contribution in [3.63, 3.8) is 0 Å². The fourth-order valence-electron chi connectivity index (χ4n) is 10.2. The number of carbonyl (C=O) groups excluding carboxylic acids is 4. The molecule has 4 heterocycles. The van der Waals surface area contributed by atoms with Gasteiger partial charge in [-0.05, 0) is 157 Å². The van der Waals surface area contributed by atoms with E-state index in [0.717, 1.165) is 116 Å². The maximum atomic E-state index is 12.2. The largest absolute Gasteiger partial charge is 0.331 e. The van der Waals surface area contributed by atoms with Gasteiger partial charge >= 0.3 is 23.9 Å². The Morgan fingerprint density at radius 3 is 1.09 bits per heavy atom. The minimum absolute atomic E-state index is 0.481. The van der Waals surface area contributed by atoms with Crippen molar-refractivity contribution in [3.05, 3.63) is 199 Å². The van der Waals surface area contributed by atoms with Crippen LogP contribution >= 0.6 is 22.7 Å². The second kappa shape index (κ2) is 25.6. The molecule has 0 aliphatic carbocycles. The summed E-state index contributed by atoms with van der Waals surface area (Å²) in [5, 5.41) is 25.2. The zero-order chi connectivity index (χ0) is 57.3. The maximum Gasteiger partial charge on any atom is 0.331 e. The Kier molecular flexibility index (Phi) is 17.5. The summed E-state index contributed by atoms with van der Waals surface area (Å²) in [5.41, 5.74) is 14.2. The lowest BCUT2D eigenvalue weighted by Gasteiger charge is -2.11. The molecule has 414 valence electrons. The number of carbonyl (C=O) groups is 4. The van der Waals surface area contributed by atoms with Crippen molar-refractivity contribution in [1.82, 2.24) is 9.13 Å². The number of unbranched alkanes of at least 4 members (excludes halogenated alkanes) is 3. The van der Waals surface area contributed by atoms with E-state index in [-0.39, 0.29) is 0 Å². The van der Waals surface area contributed by atoms with Crippen LogP contribution in [0.3, 0.4) is 0 Å². The third kappa shape index (κ3) is 13.2. The molecule has 0 atom stereocenters. The molecule has 0 amide bonds. The van der Waals surface area contributed by atoms with Crippen molar-refractivity contribution < 1.29 is 38.5 Å². The SMILES string of the molecule is CC(=O)ON=C(C)c1ccc(-n2c3ccc(Cc4cccs4)cc3c3cc(C(CCCCCC/C(=N\OC(C)=O)c4ccc5c(c4)c4cc(Cc6cccs6)ccc4n5-c4ccc(/C(C)=N/OC(C)=O)cc4)=NOC(C)=O)ccc32)cc1. The van der Waals surface area contributed by atoms with E-state index < -0.39 is 23.9 Å². The van der Waals surface area contributed by atoms with Crippen molar-refractivity contribution in [2.75, 3.05) is 0 Å². The second-order valence-corrected chi connectivity index (χ2v) is 22.2. The number of oxime groups is 4. The molecule has 0 unspecified atom stereocenters. The summed E-state index contributed by atoms with van der Waals surface area (Å²) in [4.78, 5) is 70.4. The van der Waals surface area contributed by atoms with Crippen LogP contribution < -0.4 is 0 Å². The van der Waals surface area contributed by atoms with Crippen LogP contribution in [0.2, 0.25) is 0 Å². The van der Waals surface area contributed by atoms with Gasteiger partial charge in [-0.2, -0.15) is 0 Å². The summed E-state index contributed by atoms with van der Waals surface area (Å²) in [7, 11) is 0. The van der Waals surface area contributed by atoms with E-state index in [9.17, 15) is 19.2 Å². The molecule has 0 radical (unpaired) electrons. The number of benzene rings is 6. The summed E-state index contributed by atoms with van der Waals surface area (Å²) in [6, 6.07) is 50.3. The molecular weight excluding hydrogens is 1070 g/mol. The number of aromatic nitrogens is 2. The fraction of sp³-hybridized carbons (Fsp3) is 0.212. The van der Waals surface area contributed by atoms with Gasteiger partial charge in [0, 0.05) is 94.3 Å². The van der Waals surface area contributed by atoms with Gasteiger partial charge in [0.05, 0.1) is 44.9 Å². The number of rotatable bonds is 21. The lowest BCUT2D eigenvalue weighted by molar-refractivity contribution is -0.141. The summed E-state index contributed by atoms with van der Waals surface area (Å²) in [5.74, 6) is -1.96. The summed E-state index contributed by atoms with van der Waals surface area (Å²) in [6.45, 7) is 8.94. The van der Waals surface area contributed by atoms with Crippen molar-refractivity contribution in [2.45, 2.75) is 92.9 Å². The highest BCUT2D eigenvalue weighted by Crippen LogP contribution is 2.37. The maximum absolute atomic E-state index is 12.2. The lowest BCUT2D eigenvalue weighted by Crippen LogP contribution is -2.06. The van der Waals surface area contributed by atoms with Crippen LogP contribution in [-0.2, 0) is 51.4 Å². The van der Waals surface area contributed by atoms with Crippen LogP contribution in [0.1, 0.15) is 123 Å². The van der Waals surface area contributed by atoms with E-state index in [1.807, 2.05) is 60.7 Å². The predicted molar refractivity (Wildman–Crippen MR) is 328 cm³/mol. The number of hydrogen-bond acceptors (Lipinski definition) is 14. The molecule has 16 heteroatoms. The van der Waals surface area contributed by atoms with Gasteiger partial charge in [-0.3, -0.25) is 0 Å². The van der Waals surface area contributed by atoms with Crippen LogP contribution in [0, 0.1) is 0 Å². The molecule has 0 spiro atoms. The van der Waals surface area contributed by atoms with Crippen molar-refractivity contribution in [3.8, 4) is 11.4 Å². The smallest absolute Gasteiger partial charge is 0.318 e. The summed E-state index contributed by atoms with van der Waals surface area (Å²) >= 11 is 3.47. The van der Waals surface area contributed by atoms with E-state index in [1.54, 1.807) is 36.5 Å². The average molecular weight is 1130 g/mol. The highest BCUT2D eigenvalue weighted by Gasteiger charge is 2.19. The van der Waals surface area contributed by atoms with Gasteiger partial charge in [0.1, 0.15) is 0 Å². The van der Waals surface area contributed by atoms with Crippen molar-refractivity contribution in [2.24, 2.45) is 20.6 Å². The Labute approximate surface area is 482 Å². The molecule has 0 N–H and O–H groups in total. The molecule has 10 aromatic rings. The fourth-order valence-corrected chi connectivity index (χ4v) is 11.7. The monoisotopic (exact) mass is 1130 g/mol. The van der Waals surface area contributed by atoms with E-state index in [0.29, 0.717) is 35.7 Å². The molecule has 10 rings (SSSR count). The molecule has 6 aromatic carbocycles. The Morgan fingerprint density at radius 2 is 0.732 bits per heavy atom. The van der Waals surface area contributed by atoms with Crippen LogP contribution in [0.4, 0.5) is 0 Å². The topological polar surface area (TPSA) is 164 Å². The van der Waals surface area contributed by atoms with E-state index >= 15 is 0 Å². The minimum Gasteiger partial charge on any atom is -0.318 e. The molecule has 0 saturated carbocycles. The van der Waals surface area contributed by atoms with E-state index in [2.05, 4.69) is 125 Å². The minimum atomic E-state index is -0.500. The second-order valence-electron chi connectivity index (χ2n) is 20.1. The highest BCUT2D eigenvalue weighted by atomic mass is 32.1. The number of nitrogens with zero attached hydrogens (tertiary/aromatic N) is 6. The molecule has 0 bridgehead atoms. The van der Waals surface area contributed by atoms with Crippen LogP contribution in [0.25, 0.3) is 55.0 Å². The number of hydrogen-bond donors (Lipinski definition) is 0. The van der Waals surface area contributed by atoms with Gasteiger partial charge < -0.3 is 28.5 Å². The molecule has 0 fully saturated rings. The molecule has 14 nitrogen and oxygen atoms in total. The Bertz CT molecular complexity index is 3860.